The molecule has 4 rings (SSSR count). The highest BCUT2D eigenvalue weighted by Crippen LogP contribution is 2.65. The van der Waals surface area contributed by atoms with Crippen LogP contribution in [0.15, 0.2) is 59.7 Å². The number of methoxy groups -OCH3 is 1. The summed E-state index contributed by atoms with van der Waals surface area (Å²) in [7, 11) is 1.31. The fraction of sp³-hybridized carbons (Fsp3) is 0.448. The van der Waals surface area contributed by atoms with E-state index in [0.29, 0.717) is 36.1 Å². The first-order valence-corrected chi connectivity index (χ1v) is 12.6. The molecule has 9 heteroatoms. The number of allylic oxidation sites excluding steroid dienone is 3. The molecule has 1 saturated carbocycles. The van der Waals surface area contributed by atoms with Crippen molar-refractivity contribution in [3.8, 4) is 5.75 Å². The Balaban J connectivity index is 1.62. The number of ether oxygens (including phenoxy) is 3. The van der Waals surface area contributed by atoms with E-state index in [-0.39, 0.29) is 30.4 Å². The number of amides is 1. The van der Waals surface area contributed by atoms with Gasteiger partial charge in [0, 0.05) is 35.7 Å². The van der Waals surface area contributed by atoms with Gasteiger partial charge in [0.1, 0.15) is 22.4 Å². The molecule has 0 aromatic heterocycles. The second-order valence-corrected chi connectivity index (χ2v) is 10.4. The fourth-order valence-electron chi connectivity index (χ4n) is 6.27. The summed E-state index contributed by atoms with van der Waals surface area (Å²) in [5, 5.41) is 12.3. The number of aromatic hydroxyl groups is 1. The van der Waals surface area contributed by atoms with Gasteiger partial charge in [0.15, 0.2) is 0 Å². The van der Waals surface area contributed by atoms with Gasteiger partial charge in [0.25, 0.3) is 5.91 Å². The number of hydrogen-bond acceptors (Lipinski definition) is 8. The van der Waals surface area contributed by atoms with Crippen molar-refractivity contribution in [3.05, 3.63) is 59.7 Å². The predicted molar refractivity (Wildman–Crippen MR) is 138 cm³/mol. The van der Waals surface area contributed by atoms with Crippen molar-refractivity contribution in [2.45, 2.75) is 64.1 Å². The van der Waals surface area contributed by atoms with Crippen LogP contribution in [0.5, 0.6) is 5.75 Å². The maximum Gasteiger partial charge on any atom is 0.333 e. The summed E-state index contributed by atoms with van der Waals surface area (Å²) >= 11 is 0. The number of esters is 3. The molecule has 0 unspecified atom stereocenters. The minimum absolute atomic E-state index is 0.0399. The van der Waals surface area contributed by atoms with Crippen molar-refractivity contribution in [1.29, 1.82) is 0 Å². The summed E-state index contributed by atoms with van der Waals surface area (Å²) in [5.74, 6) is -2.10. The zero-order valence-electron chi connectivity index (χ0n) is 22.0. The smallest absolute Gasteiger partial charge is 0.333 e. The summed E-state index contributed by atoms with van der Waals surface area (Å²) in [4.78, 5) is 50.9. The van der Waals surface area contributed by atoms with Gasteiger partial charge in [0.2, 0.25) is 0 Å². The van der Waals surface area contributed by atoms with E-state index in [1.54, 1.807) is 50.3 Å². The van der Waals surface area contributed by atoms with Gasteiger partial charge in [0.05, 0.1) is 7.11 Å². The number of carbonyl (C=O) groups is 4. The number of nitrogens with one attached hydrogen (secondary N) is 1. The van der Waals surface area contributed by atoms with E-state index in [2.05, 4.69) is 5.32 Å². The Hall–Kier alpha value is -3.88. The lowest BCUT2D eigenvalue weighted by molar-refractivity contribution is -0.235. The number of phenols is 1. The Morgan fingerprint density at radius 2 is 1.97 bits per heavy atom. The van der Waals surface area contributed by atoms with Crippen LogP contribution in [0, 0.1) is 11.3 Å². The molecule has 2 fully saturated rings. The molecule has 4 atom stereocenters. The molecule has 0 radical (unpaired) electrons. The van der Waals surface area contributed by atoms with Crippen LogP contribution in [0.4, 0.5) is 5.69 Å². The highest BCUT2D eigenvalue weighted by atomic mass is 16.6. The lowest BCUT2D eigenvalue weighted by atomic mass is 9.62. The number of benzene rings is 1. The molecule has 3 aliphatic rings. The molecule has 2 N–H and O–H groups in total. The van der Waals surface area contributed by atoms with E-state index in [1.165, 1.54) is 26.2 Å². The summed E-state index contributed by atoms with van der Waals surface area (Å²) in [5.41, 5.74) is -2.04. The SMILES string of the molecule is COC(=O)C1=CC[C@@]23CC[C@@H]([C@@](C)(/C=C/C=C(\C)C(=O)Nc4cccc(O)c4)OC2=O)[C@@]3(OC(C)=O)CC1. The highest BCUT2D eigenvalue weighted by Gasteiger charge is 2.74. The van der Waals surface area contributed by atoms with Crippen LogP contribution < -0.4 is 5.32 Å². The lowest BCUT2D eigenvalue weighted by Crippen LogP contribution is -2.65. The maximum absolute atomic E-state index is 13.7. The molecule has 2 bridgehead atoms. The topological polar surface area (TPSA) is 128 Å². The van der Waals surface area contributed by atoms with Crippen LogP contribution in [0.2, 0.25) is 0 Å². The normalized spacial score (nSPS) is 30.5. The van der Waals surface area contributed by atoms with Crippen molar-refractivity contribution in [3.63, 3.8) is 0 Å². The van der Waals surface area contributed by atoms with Gasteiger partial charge in [-0.15, -0.1) is 0 Å². The molecular formula is C29H33NO8. The third-order valence-electron chi connectivity index (χ3n) is 8.10. The van der Waals surface area contributed by atoms with Crippen LogP contribution in [-0.2, 0) is 33.4 Å². The minimum Gasteiger partial charge on any atom is -0.508 e. The Kier molecular flexibility index (Phi) is 7.23. The number of hydrogen-bond donors (Lipinski definition) is 2. The zero-order valence-corrected chi connectivity index (χ0v) is 22.0. The Morgan fingerprint density at radius 3 is 2.66 bits per heavy atom. The van der Waals surface area contributed by atoms with Gasteiger partial charge < -0.3 is 24.6 Å². The maximum atomic E-state index is 13.7. The molecule has 1 aliphatic heterocycles. The summed E-state index contributed by atoms with van der Waals surface area (Å²) in [6, 6.07) is 6.24. The van der Waals surface area contributed by atoms with Crippen molar-refractivity contribution in [2.24, 2.45) is 11.3 Å². The van der Waals surface area contributed by atoms with Gasteiger partial charge >= 0.3 is 17.9 Å². The molecular weight excluding hydrogens is 490 g/mol. The first kappa shape index (κ1) is 27.2. The predicted octanol–water partition coefficient (Wildman–Crippen LogP) is 4.13. The Bertz CT molecular complexity index is 1260. The summed E-state index contributed by atoms with van der Waals surface area (Å²) in [6.45, 7) is 4.75. The first-order valence-electron chi connectivity index (χ1n) is 12.6. The number of anilines is 1. The van der Waals surface area contributed by atoms with Crippen LogP contribution in [0.25, 0.3) is 0 Å². The molecule has 1 aromatic rings. The Labute approximate surface area is 221 Å². The van der Waals surface area contributed by atoms with E-state index < -0.39 is 34.5 Å². The number of rotatable bonds is 6. The third kappa shape index (κ3) is 4.61. The number of cyclic esters (lactones) is 1. The van der Waals surface area contributed by atoms with E-state index in [4.69, 9.17) is 14.2 Å². The molecule has 0 spiro atoms. The first-order chi connectivity index (χ1) is 18.0. The molecule has 9 nitrogen and oxygen atoms in total. The molecule has 2 aliphatic carbocycles. The zero-order chi connectivity index (χ0) is 27.7. The minimum atomic E-state index is -1.15. The lowest BCUT2D eigenvalue weighted by Gasteiger charge is -2.54. The van der Waals surface area contributed by atoms with Crippen LogP contribution in [0.3, 0.4) is 0 Å². The van der Waals surface area contributed by atoms with Crippen LogP contribution in [-0.4, -0.2) is 47.2 Å². The molecule has 1 heterocycles. The molecule has 1 saturated heterocycles. The van der Waals surface area contributed by atoms with E-state index in [0.717, 1.165) is 0 Å². The summed E-state index contributed by atoms with van der Waals surface area (Å²) < 4.78 is 17.0. The molecule has 1 amide bonds. The second kappa shape index (κ2) is 10.1. The number of carbonyl (C=O) groups excluding carboxylic acids is 4. The van der Waals surface area contributed by atoms with Gasteiger partial charge in [-0.1, -0.05) is 24.3 Å². The van der Waals surface area contributed by atoms with Gasteiger partial charge in [-0.3, -0.25) is 14.4 Å². The fourth-order valence-corrected chi connectivity index (χ4v) is 6.27. The van der Waals surface area contributed by atoms with Crippen molar-refractivity contribution >= 4 is 29.5 Å². The molecule has 1 aromatic carbocycles. The van der Waals surface area contributed by atoms with Crippen LogP contribution >= 0.6 is 0 Å². The Morgan fingerprint density at radius 1 is 1.21 bits per heavy atom. The average molecular weight is 524 g/mol. The summed E-state index contributed by atoms with van der Waals surface area (Å²) in [6.07, 6.45) is 8.56. The standard InChI is InChI=1S/C29H33NO8/c1-18(24(33)30-21-8-5-9-22(32)17-21)7-6-13-27(3)23-12-15-28(26(35)38-27)14-10-20(25(34)36-4)11-16-29(23,28)37-19(2)31/h5-10,13,17,23,32H,11-12,14-16H2,1-4H3,(H,30,33)/b13-6+,18-7+/t23-,27+,28+,29-/m0/s1. The van der Waals surface area contributed by atoms with Gasteiger partial charge in [-0.05, 0) is 64.2 Å². The van der Waals surface area contributed by atoms with Crippen molar-refractivity contribution in [2.75, 3.05) is 12.4 Å². The third-order valence-corrected chi connectivity index (χ3v) is 8.10. The highest BCUT2D eigenvalue weighted by molar-refractivity contribution is 6.03. The quantitative estimate of drug-likeness (QED) is 0.247. The van der Waals surface area contributed by atoms with Gasteiger partial charge in [-0.25, -0.2) is 4.79 Å². The van der Waals surface area contributed by atoms with Crippen LogP contribution in [0.1, 0.15) is 52.9 Å². The number of phenolic OH excluding ortho intramolecular Hbond substituents is 1. The van der Waals surface area contributed by atoms with Gasteiger partial charge in [-0.2, -0.15) is 0 Å². The molecule has 202 valence electrons. The largest absolute Gasteiger partial charge is 0.508 e. The van der Waals surface area contributed by atoms with E-state index >= 15 is 0 Å². The van der Waals surface area contributed by atoms with E-state index in [9.17, 15) is 24.3 Å². The van der Waals surface area contributed by atoms with Crippen molar-refractivity contribution in [1.82, 2.24) is 0 Å². The second-order valence-electron chi connectivity index (χ2n) is 10.4. The monoisotopic (exact) mass is 523 g/mol. The van der Waals surface area contributed by atoms with Crippen molar-refractivity contribution < 1.29 is 38.5 Å². The van der Waals surface area contributed by atoms with E-state index in [1.807, 2.05) is 0 Å². The molecule has 38 heavy (non-hydrogen) atoms. The average Bonchev–Trinajstić information content (AvgIpc) is 3.00.